The maximum Gasteiger partial charge on any atom is 0.319 e. The van der Waals surface area contributed by atoms with Gasteiger partial charge < -0.3 is 19.3 Å². The van der Waals surface area contributed by atoms with E-state index in [4.69, 9.17) is 9.47 Å². The van der Waals surface area contributed by atoms with E-state index in [1.807, 2.05) is 17.0 Å². The van der Waals surface area contributed by atoms with E-state index in [2.05, 4.69) is 4.98 Å². The van der Waals surface area contributed by atoms with Gasteiger partial charge >= 0.3 is 6.03 Å². The van der Waals surface area contributed by atoms with Crippen LogP contribution < -0.4 is 4.74 Å². The van der Waals surface area contributed by atoms with Crippen LogP contribution in [0.25, 0.3) is 0 Å². The van der Waals surface area contributed by atoms with E-state index in [1.165, 1.54) is 0 Å². The van der Waals surface area contributed by atoms with Gasteiger partial charge in [-0.05, 0) is 25.0 Å². The third-order valence-electron chi connectivity index (χ3n) is 4.09. The Bertz CT molecular complexity index is 494. The Hall–Kier alpha value is -1.82. The largest absolute Gasteiger partial charge is 0.486 e. The summed E-state index contributed by atoms with van der Waals surface area (Å²) >= 11 is 0. The van der Waals surface area contributed by atoms with Crippen molar-refractivity contribution in [2.45, 2.75) is 31.1 Å². The normalized spacial score (nSPS) is 28.1. The molecule has 0 N–H and O–H groups in total. The number of urea groups is 1. The van der Waals surface area contributed by atoms with Crippen molar-refractivity contribution in [2.24, 2.45) is 0 Å². The minimum absolute atomic E-state index is 0.0167. The van der Waals surface area contributed by atoms with Crippen molar-refractivity contribution in [3.8, 4) is 5.75 Å². The molecule has 114 valence electrons. The molecule has 3 rings (SSSR count). The maximum absolute atomic E-state index is 12.3. The first kappa shape index (κ1) is 14.1. The SMILES string of the molecule is CN(C)C(=O)N1CCO[C@H]2[C@@H](Oc3cccnc3)CC[C@@H]21. The summed E-state index contributed by atoms with van der Waals surface area (Å²) in [5.74, 6) is 0.753. The van der Waals surface area contributed by atoms with Gasteiger partial charge in [0, 0.05) is 26.8 Å². The molecule has 0 aromatic carbocycles. The van der Waals surface area contributed by atoms with E-state index in [-0.39, 0.29) is 24.3 Å². The van der Waals surface area contributed by atoms with E-state index in [9.17, 15) is 4.79 Å². The van der Waals surface area contributed by atoms with Crippen LogP contribution in [0.3, 0.4) is 0 Å². The van der Waals surface area contributed by atoms with Crippen molar-refractivity contribution in [3.63, 3.8) is 0 Å². The first-order chi connectivity index (χ1) is 10.2. The number of pyridine rings is 1. The van der Waals surface area contributed by atoms with Crippen LogP contribution in [0, 0.1) is 0 Å². The molecule has 1 saturated heterocycles. The van der Waals surface area contributed by atoms with Gasteiger partial charge in [0.2, 0.25) is 0 Å². The summed E-state index contributed by atoms with van der Waals surface area (Å²) in [7, 11) is 3.57. The lowest BCUT2D eigenvalue weighted by atomic mass is 10.1. The predicted molar refractivity (Wildman–Crippen MR) is 77.2 cm³/mol. The monoisotopic (exact) mass is 291 g/mol. The van der Waals surface area contributed by atoms with Crippen LogP contribution in [0.4, 0.5) is 4.79 Å². The molecule has 1 aliphatic heterocycles. The predicted octanol–water partition coefficient (Wildman–Crippen LogP) is 1.37. The van der Waals surface area contributed by atoms with Crippen LogP contribution in [-0.4, -0.2) is 66.3 Å². The summed E-state index contributed by atoms with van der Waals surface area (Å²) in [5.41, 5.74) is 0. The third-order valence-corrected chi connectivity index (χ3v) is 4.09. The second-order valence-corrected chi connectivity index (χ2v) is 5.70. The zero-order valence-corrected chi connectivity index (χ0v) is 12.4. The van der Waals surface area contributed by atoms with Gasteiger partial charge in [-0.1, -0.05) is 0 Å². The topological polar surface area (TPSA) is 54.9 Å². The average Bonchev–Trinajstić information content (AvgIpc) is 2.90. The van der Waals surface area contributed by atoms with Gasteiger partial charge in [0.1, 0.15) is 18.0 Å². The molecule has 1 aromatic rings. The molecule has 0 radical (unpaired) electrons. The quantitative estimate of drug-likeness (QED) is 0.826. The van der Waals surface area contributed by atoms with Gasteiger partial charge in [0.25, 0.3) is 0 Å². The number of hydrogen-bond donors (Lipinski definition) is 0. The highest BCUT2D eigenvalue weighted by Gasteiger charge is 2.46. The molecule has 0 spiro atoms. The molecular weight excluding hydrogens is 270 g/mol. The van der Waals surface area contributed by atoms with Crippen LogP contribution in [-0.2, 0) is 4.74 Å². The van der Waals surface area contributed by atoms with Crippen molar-refractivity contribution >= 4 is 6.03 Å². The molecule has 2 heterocycles. The fourth-order valence-corrected chi connectivity index (χ4v) is 3.13. The van der Waals surface area contributed by atoms with Crippen LogP contribution in [0.1, 0.15) is 12.8 Å². The number of carbonyl (C=O) groups is 1. The summed E-state index contributed by atoms with van der Waals surface area (Å²) in [6.45, 7) is 1.21. The van der Waals surface area contributed by atoms with Gasteiger partial charge in [-0.3, -0.25) is 4.98 Å². The summed E-state index contributed by atoms with van der Waals surface area (Å²) in [6, 6.07) is 3.91. The van der Waals surface area contributed by atoms with Gasteiger partial charge in [-0.25, -0.2) is 4.79 Å². The second-order valence-electron chi connectivity index (χ2n) is 5.70. The van der Waals surface area contributed by atoms with E-state index < -0.39 is 0 Å². The minimum Gasteiger partial charge on any atom is -0.486 e. The maximum atomic E-state index is 12.3. The average molecular weight is 291 g/mol. The zero-order chi connectivity index (χ0) is 14.8. The number of aromatic nitrogens is 1. The number of fused-ring (bicyclic) bond motifs is 1. The third kappa shape index (κ3) is 2.81. The van der Waals surface area contributed by atoms with Gasteiger partial charge in [0.15, 0.2) is 0 Å². The lowest BCUT2D eigenvalue weighted by Crippen LogP contribution is -2.56. The number of morpholine rings is 1. The summed E-state index contributed by atoms with van der Waals surface area (Å²) in [4.78, 5) is 19.9. The highest BCUT2D eigenvalue weighted by Crippen LogP contribution is 2.33. The van der Waals surface area contributed by atoms with E-state index in [1.54, 1.807) is 31.4 Å². The highest BCUT2D eigenvalue weighted by molar-refractivity contribution is 5.74. The van der Waals surface area contributed by atoms with Gasteiger partial charge in [-0.15, -0.1) is 0 Å². The Balaban J connectivity index is 1.70. The molecule has 1 saturated carbocycles. The number of amides is 2. The van der Waals surface area contributed by atoms with Gasteiger partial charge in [0.05, 0.1) is 18.8 Å². The first-order valence-corrected chi connectivity index (χ1v) is 7.33. The van der Waals surface area contributed by atoms with E-state index in [0.29, 0.717) is 13.2 Å². The lowest BCUT2D eigenvalue weighted by Gasteiger charge is -2.40. The standard InChI is InChI=1S/C15H21N3O3/c1-17(2)15(19)18-8-9-20-14-12(18)5-6-13(14)21-11-4-3-7-16-10-11/h3-4,7,10,12-14H,5-6,8-9H2,1-2H3/t12-,13-,14+/m0/s1. The molecule has 2 aliphatic rings. The molecule has 21 heavy (non-hydrogen) atoms. The molecule has 0 unspecified atom stereocenters. The Morgan fingerprint density at radius 3 is 3.05 bits per heavy atom. The lowest BCUT2D eigenvalue weighted by molar-refractivity contribution is -0.0778. The Morgan fingerprint density at radius 1 is 1.48 bits per heavy atom. The molecule has 6 heteroatoms. The smallest absolute Gasteiger partial charge is 0.319 e. The number of hydrogen-bond acceptors (Lipinski definition) is 4. The number of rotatable bonds is 2. The van der Waals surface area contributed by atoms with E-state index >= 15 is 0 Å². The Labute approximate surface area is 124 Å². The van der Waals surface area contributed by atoms with Crippen LogP contribution in [0.15, 0.2) is 24.5 Å². The summed E-state index contributed by atoms with van der Waals surface area (Å²) < 4.78 is 11.9. The molecule has 6 nitrogen and oxygen atoms in total. The van der Waals surface area contributed by atoms with Gasteiger partial charge in [-0.2, -0.15) is 0 Å². The molecule has 3 atom stereocenters. The Kier molecular flexibility index (Phi) is 3.96. The Morgan fingerprint density at radius 2 is 2.33 bits per heavy atom. The van der Waals surface area contributed by atoms with Crippen molar-refractivity contribution in [1.82, 2.24) is 14.8 Å². The summed E-state index contributed by atoms with van der Waals surface area (Å²) in [5, 5.41) is 0. The zero-order valence-electron chi connectivity index (χ0n) is 12.4. The van der Waals surface area contributed by atoms with Crippen molar-refractivity contribution in [1.29, 1.82) is 0 Å². The molecule has 2 fully saturated rings. The number of carbonyl (C=O) groups excluding carboxylic acids is 1. The molecule has 1 aliphatic carbocycles. The van der Waals surface area contributed by atoms with Crippen molar-refractivity contribution in [3.05, 3.63) is 24.5 Å². The van der Waals surface area contributed by atoms with Crippen LogP contribution in [0.2, 0.25) is 0 Å². The summed E-state index contributed by atoms with van der Waals surface area (Å²) in [6.07, 6.45) is 5.16. The van der Waals surface area contributed by atoms with Crippen molar-refractivity contribution in [2.75, 3.05) is 27.2 Å². The van der Waals surface area contributed by atoms with Crippen LogP contribution >= 0.6 is 0 Å². The van der Waals surface area contributed by atoms with E-state index in [0.717, 1.165) is 18.6 Å². The minimum atomic E-state index is -0.0529. The van der Waals surface area contributed by atoms with Crippen LogP contribution in [0.5, 0.6) is 5.75 Å². The molecular formula is C15H21N3O3. The molecule has 0 bridgehead atoms. The number of ether oxygens (including phenoxy) is 2. The fourth-order valence-electron chi connectivity index (χ4n) is 3.13. The first-order valence-electron chi connectivity index (χ1n) is 7.33. The van der Waals surface area contributed by atoms with Crippen molar-refractivity contribution < 1.29 is 14.3 Å². The fraction of sp³-hybridized carbons (Fsp3) is 0.600. The number of nitrogens with zero attached hydrogens (tertiary/aromatic N) is 3. The molecule has 2 amide bonds. The highest BCUT2D eigenvalue weighted by atomic mass is 16.5. The second kappa shape index (κ2) is 5.89. The molecule has 1 aromatic heterocycles.